The minimum absolute atomic E-state index is 0.00504. The molecule has 0 saturated carbocycles. The molecule has 0 radical (unpaired) electrons. The zero-order chi connectivity index (χ0) is 19.8. The molecule has 1 atom stereocenters. The number of hydrogen-bond donors (Lipinski definition) is 0. The van der Waals surface area contributed by atoms with E-state index < -0.39 is 4.92 Å². The van der Waals surface area contributed by atoms with Crippen LogP contribution in [0.3, 0.4) is 0 Å². The Bertz CT molecular complexity index is 900. The van der Waals surface area contributed by atoms with Crippen molar-refractivity contribution in [3.8, 4) is 23.1 Å². The number of ether oxygens (including phenoxy) is 3. The summed E-state index contributed by atoms with van der Waals surface area (Å²) < 4.78 is 17.2. The lowest BCUT2D eigenvalue weighted by molar-refractivity contribution is -0.386. The maximum absolute atomic E-state index is 11.1. The van der Waals surface area contributed by atoms with Crippen molar-refractivity contribution in [3.63, 3.8) is 0 Å². The first-order valence-electron chi connectivity index (χ1n) is 8.87. The van der Waals surface area contributed by atoms with Gasteiger partial charge in [-0.2, -0.15) is 0 Å². The summed E-state index contributed by atoms with van der Waals surface area (Å²) in [6.45, 7) is 2.16. The van der Waals surface area contributed by atoms with Gasteiger partial charge in [0.05, 0.1) is 4.92 Å². The maximum Gasteiger partial charge on any atom is 0.330 e. The molecule has 0 aliphatic carbocycles. The summed E-state index contributed by atoms with van der Waals surface area (Å²) >= 11 is 0. The van der Waals surface area contributed by atoms with E-state index in [1.165, 1.54) is 18.3 Å². The minimum Gasteiger partial charge on any atom is -0.490 e. The highest BCUT2D eigenvalue weighted by molar-refractivity contribution is 5.40. The number of aromatic nitrogens is 1. The molecule has 0 bridgehead atoms. The van der Waals surface area contributed by atoms with Crippen LogP contribution < -0.4 is 14.2 Å². The monoisotopic (exact) mass is 380 g/mol. The van der Waals surface area contributed by atoms with E-state index in [0.29, 0.717) is 17.9 Å². The maximum atomic E-state index is 11.1. The van der Waals surface area contributed by atoms with Crippen molar-refractivity contribution in [2.75, 3.05) is 6.61 Å². The minimum atomic E-state index is -0.513. The molecule has 0 amide bonds. The number of benzene rings is 2. The highest BCUT2D eigenvalue weighted by Crippen LogP contribution is 2.26. The van der Waals surface area contributed by atoms with Crippen LogP contribution in [0.15, 0.2) is 72.9 Å². The standard InChI is InChI=1S/C21H20N2O5/c1-2-16(28-21-20(23(24)25)9-6-14-22-21)15-26-17-10-12-19(13-11-17)27-18-7-4-3-5-8-18/h3-14,16H,2,15H2,1H3. The van der Waals surface area contributed by atoms with Gasteiger partial charge in [-0.3, -0.25) is 10.1 Å². The summed E-state index contributed by atoms with van der Waals surface area (Å²) in [5.74, 6) is 2.10. The van der Waals surface area contributed by atoms with Crippen LogP contribution in [0.4, 0.5) is 5.69 Å². The van der Waals surface area contributed by atoms with E-state index in [-0.39, 0.29) is 24.3 Å². The second-order valence-corrected chi connectivity index (χ2v) is 5.93. The Labute approximate surface area is 162 Å². The highest BCUT2D eigenvalue weighted by Gasteiger charge is 2.19. The molecule has 1 heterocycles. The summed E-state index contributed by atoms with van der Waals surface area (Å²) in [5.41, 5.74) is -0.164. The van der Waals surface area contributed by atoms with Crippen LogP contribution >= 0.6 is 0 Å². The largest absolute Gasteiger partial charge is 0.490 e. The molecule has 28 heavy (non-hydrogen) atoms. The molecule has 2 aromatic carbocycles. The topological polar surface area (TPSA) is 83.7 Å². The van der Waals surface area contributed by atoms with Crippen LogP contribution in [0.1, 0.15) is 13.3 Å². The van der Waals surface area contributed by atoms with Gasteiger partial charge < -0.3 is 14.2 Å². The van der Waals surface area contributed by atoms with Gasteiger partial charge in [0.15, 0.2) is 0 Å². The van der Waals surface area contributed by atoms with Crippen LogP contribution in [0.5, 0.6) is 23.1 Å². The Balaban J connectivity index is 1.57. The van der Waals surface area contributed by atoms with Gasteiger partial charge in [-0.1, -0.05) is 25.1 Å². The van der Waals surface area contributed by atoms with E-state index >= 15 is 0 Å². The summed E-state index contributed by atoms with van der Waals surface area (Å²) in [6.07, 6.45) is 1.71. The summed E-state index contributed by atoms with van der Waals surface area (Å²) in [7, 11) is 0. The first kappa shape index (κ1) is 19.2. The van der Waals surface area contributed by atoms with E-state index in [0.717, 1.165) is 5.75 Å². The number of pyridine rings is 1. The Hall–Kier alpha value is -3.61. The van der Waals surface area contributed by atoms with Crippen molar-refractivity contribution in [3.05, 3.63) is 83.0 Å². The average molecular weight is 380 g/mol. The third-order valence-electron chi connectivity index (χ3n) is 3.92. The molecule has 1 unspecified atom stereocenters. The van der Waals surface area contributed by atoms with Crippen molar-refractivity contribution in [1.29, 1.82) is 0 Å². The van der Waals surface area contributed by atoms with E-state index in [1.54, 1.807) is 12.1 Å². The Morgan fingerprint density at radius 2 is 1.64 bits per heavy atom. The number of nitro groups is 1. The number of hydrogen-bond acceptors (Lipinski definition) is 6. The quantitative estimate of drug-likeness (QED) is 0.383. The summed E-state index contributed by atoms with van der Waals surface area (Å²) in [6, 6.07) is 19.6. The molecule has 0 spiro atoms. The van der Waals surface area contributed by atoms with Gasteiger partial charge in [-0.15, -0.1) is 0 Å². The van der Waals surface area contributed by atoms with E-state index in [9.17, 15) is 10.1 Å². The molecular weight excluding hydrogens is 360 g/mol. The van der Waals surface area contributed by atoms with Crippen molar-refractivity contribution in [1.82, 2.24) is 4.98 Å². The first-order chi connectivity index (χ1) is 13.7. The molecule has 0 fully saturated rings. The molecule has 0 N–H and O–H groups in total. The van der Waals surface area contributed by atoms with Crippen LogP contribution in [-0.2, 0) is 0 Å². The smallest absolute Gasteiger partial charge is 0.330 e. The summed E-state index contributed by atoms with van der Waals surface area (Å²) in [4.78, 5) is 14.5. The predicted octanol–water partition coefficient (Wildman–Crippen LogP) is 5.02. The molecule has 3 aromatic rings. The fourth-order valence-electron chi connectivity index (χ4n) is 2.42. The Morgan fingerprint density at radius 1 is 0.964 bits per heavy atom. The number of para-hydroxylation sites is 1. The molecule has 7 heteroatoms. The zero-order valence-electron chi connectivity index (χ0n) is 15.4. The van der Waals surface area contributed by atoms with Gasteiger partial charge in [0.2, 0.25) is 0 Å². The van der Waals surface area contributed by atoms with Crippen molar-refractivity contribution in [2.24, 2.45) is 0 Å². The van der Waals surface area contributed by atoms with Crippen molar-refractivity contribution in [2.45, 2.75) is 19.4 Å². The second kappa shape index (κ2) is 9.36. The third kappa shape index (κ3) is 5.20. The van der Waals surface area contributed by atoms with E-state index in [4.69, 9.17) is 14.2 Å². The molecular formula is C21H20N2O5. The lowest BCUT2D eigenvalue weighted by Gasteiger charge is -2.17. The molecule has 3 rings (SSSR count). The van der Waals surface area contributed by atoms with Crippen LogP contribution in [-0.4, -0.2) is 22.6 Å². The second-order valence-electron chi connectivity index (χ2n) is 5.93. The Kier molecular flexibility index (Phi) is 6.41. The fourth-order valence-corrected chi connectivity index (χ4v) is 2.42. The molecule has 7 nitrogen and oxygen atoms in total. The van der Waals surface area contributed by atoms with Crippen LogP contribution in [0, 0.1) is 10.1 Å². The molecule has 0 saturated heterocycles. The SMILES string of the molecule is CCC(COc1ccc(Oc2ccccc2)cc1)Oc1ncccc1[N+](=O)[O-]. The third-order valence-corrected chi connectivity index (χ3v) is 3.92. The molecule has 0 aliphatic rings. The van der Waals surface area contributed by atoms with Gasteiger partial charge >= 0.3 is 5.69 Å². The predicted molar refractivity (Wildman–Crippen MR) is 104 cm³/mol. The zero-order valence-corrected chi connectivity index (χ0v) is 15.4. The normalized spacial score (nSPS) is 11.5. The van der Waals surface area contributed by atoms with Gasteiger partial charge in [0.25, 0.3) is 5.88 Å². The van der Waals surface area contributed by atoms with Crippen molar-refractivity contribution < 1.29 is 19.1 Å². The van der Waals surface area contributed by atoms with Gasteiger partial charge in [-0.25, -0.2) is 4.98 Å². The first-order valence-corrected chi connectivity index (χ1v) is 8.87. The lowest BCUT2D eigenvalue weighted by atomic mass is 10.3. The van der Waals surface area contributed by atoms with Crippen LogP contribution in [0.2, 0.25) is 0 Å². The number of rotatable bonds is 9. The van der Waals surface area contributed by atoms with Crippen molar-refractivity contribution >= 4 is 5.69 Å². The Morgan fingerprint density at radius 3 is 2.32 bits per heavy atom. The summed E-state index contributed by atoms with van der Waals surface area (Å²) in [5, 5.41) is 11.1. The van der Waals surface area contributed by atoms with E-state index in [1.807, 2.05) is 49.4 Å². The highest BCUT2D eigenvalue weighted by atomic mass is 16.6. The number of nitrogens with zero attached hydrogens (tertiary/aromatic N) is 2. The van der Waals surface area contributed by atoms with Gasteiger partial charge in [0.1, 0.15) is 30.0 Å². The van der Waals surface area contributed by atoms with Gasteiger partial charge in [-0.05, 0) is 48.9 Å². The molecule has 0 aliphatic heterocycles. The molecule has 144 valence electrons. The molecule has 1 aromatic heterocycles. The van der Waals surface area contributed by atoms with E-state index in [2.05, 4.69) is 4.98 Å². The van der Waals surface area contributed by atoms with Crippen LogP contribution in [0.25, 0.3) is 0 Å². The van der Waals surface area contributed by atoms with Gasteiger partial charge in [0, 0.05) is 12.3 Å². The average Bonchev–Trinajstić information content (AvgIpc) is 2.73. The fraction of sp³-hybridized carbons (Fsp3) is 0.190. The lowest BCUT2D eigenvalue weighted by Crippen LogP contribution is -2.24.